The third-order valence-electron chi connectivity index (χ3n) is 4.15. The number of rotatable bonds is 11. The molecular weight excluding hydrogens is 427 g/mol. The topological polar surface area (TPSA) is 76.7 Å². The molecule has 0 spiro atoms. The lowest BCUT2D eigenvalue weighted by molar-refractivity contribution is -0.122. The number of benzene rings is 2. The lowest BCUT2D eigenvalue weighted by Gasteiger charge is -2.10. The van der Waals surface area contributed by atoms with Gasteiger partial charge >= 0.3 is 0 Å². The highest BCUT2D eigenvalue weighted by Crippen LogP contribution is 2.27. The molecule has 0 aliphatic rings. The monoisotopic (exact) mass is 452 g/mol. The lowest BCUT2D eigenvalue weighted by Crippen LogP contribution is -2.41. The van der Waals surface area contributed by atoms with E-state index in [0.717, 1.165) is 19.3 Å². The van der Waals surface area contributed by atoms with E-state index in [1.807, 2.05) is 0 Å². The predicted octanol–water partition coefficient (Wildman–Crippen LogP) is 5.18. The van der Waals surface area contributed by atoms with Crippen molar-refractivity contribution >= 4 is 35.0 Å². The van der Waals surface area contributed by atoms with Gasteiger partial charge in [-0.3, -0.25) is 20.4 Å². The molecule has 6 nitrogen and oxygen atoms in total. The number of carbonyl (C=O) groups excluding carboxylic acids is 2. The summed E-state index contributed by atoms with van der Waals surface area (Å²) in [6, 6.07) is 11.7. The van der Waals surface area contributed by atoms with Crippen LogP contribution < -0.4 is 20.3 Å². The zero-order valence-corrected chi connectivity index (χ0v) is 18.4. The minimum Gasteiger partial charge on any atom is -0.494 e. The van der Waals surface area contributed by atoms with E-state index in [0.29, 0.717) is 46.7 Å². The zero-order chi connectivity index (χ0) is 21.8. The molecule has 162 valence electrons. The molecule has 0 fully saturated rings. The summed E-state index contributed by atoms with van der Waals surface area (Å²) in [6.07, 6.45) is 3.92. The van der Waals surface area contributed by atoms with E-state index in [2.05, 4.69) is 17.8 Å². The van der Waals surface area contributed by atoms with Crippen LogP contribution >= 0.6 is 23.2 Å². The lowest BCUT2D eigenvalue weighted by atomic mass is 10.2. The van der Waals surface area contributed by atoms with Crippen LogP contribution in [0.2, 0.25) is 10.0 Å². The maximum atomic E-state index is 12.1. The summed E-state index contributed by atoms with van der Waals surface area (Å²) in [5.74, 6) is 0.509. The SMILES string of the molecule is CCCCCOc1ccc(C(=O)NNC(=O)CCCOc2ccc(Cl)cc2Cl)cc1. The maximum Gasteiger partial charge on any atom is 0.269 e. The van der Waals surface area contributed by atoms with E-state index >= 15 is 0 Å². The molecule has 0 saturated heterocycles. The number of ether oxygens (including phenoxy) is 2. The Morgan fingerprint density at radius 1 is 0.900 bits per heavy atom. The molecule has 2 aromatic carbocycles. The fourth-order valence-electron chi connectivity index (χ4n) is 2.51. The Labute approximate surface area is 186 Å². The number of amides is 2. The summed E-state index contributed by atoms with van der Waals surface area (Å²) in [6.45, 7) is 3.10. The van der Waals surface area contributed by atoms with E-state index in [4.69, 9.17) is 32.7 Å². The summed E-state index contributed by atoms with van der Waals surface area (Å²) in [5, 5.41) is 0.938. The first kappa shape index (κ1) is 23.8. The highest BCUT2D eigenvalue weighted by atomic mass is 35.5. The fourth-order valence-corrected chi connectivity index (χ4v) is 2.98. The number of nitrogens with one attached hydrogen (secondary N) is 2. The standard InChI is InChI=1S/C22H26Cl2N2O4/c1-2-3-4-13-29-18-10-7-16(8-11-18)22(28)26-25-21(27)6-5-14-30-20-12-9-17(23)15-19(20)24/h7-12,15H,2-6,13-14H2,1H3,(H,25,27)(H,26,28). The number of hydrogen-bond acceptors (Lipinski definition) is 4. The fraction of sp³-hybridized carbons (Fsp3) is 0.364. The van der Waals surface area contributed by atoms with Gasteiger partial charge in [0.2, 0.25) is 5.91 Å². The van der Waals surface area contributed by atoms with E-state index in [1.165, 1.54) is 0 Å². The second-order valence-corrected chi connectivity index (χ2v) is 7.45. The van der Waals surface area contributed by atoms with Crippen LogP contribution in [-0.4, -0.2) is 25.0 Å². The van der Waals surface area contributed by atoms with Gasteiger partial charge in [0.1, 0.15) is 11.5 Å². The zero-order valence-electron chi connectivity index (χ0n) is 16.9. The van der Waals surface area contributed by atoms with Crippen molar-refractivity contribution in [1.29, 1.82) is 0 Å². The first-order chi connectivity index (χ1) is 14.5. The van der Waals surface area contributed by atoms with Gasteiger partial charge in [0.05, 0.1) is 18.2 Å². The summed E-state index contributed by atoms with van der Waals surface area (Å²) < 4.78 is 11.1. The van der Waals surface area contributed by atoms with Crippen molar-refractivity contribution in [2.45, 2.75) is 39.0 Å². The molecule has 2 N–H and O–H groups in total. The minimum absolute atomic E-state index is 0.191. The second kappa shape index (κ2) is 13.0. The van der Waals surface area contributed by atoms with Crippen LogP contribution in [0.3, 0.4) is 0 Å². The van der Waals surface area contributed by atoms with E-state index in [-0.39, 0.29) is 12.3 Å². The number of hydrazine groups is 1. The van der Waals surface area contributed by atoms with Crippen LogP contribution in [0.25, 0.3) is 0 Å². The van der Waals surface area contributed by atoms with Gasteiger partial charge in [0.15, 0.2) is 0 Å². The minimum atomic E-state index is -0.398. The largest absolute Gasteiger partial charge is 0.494 e. The number of unbranched alkanes of at least 4 members (excludes halogenated alkanes) is 2. The number of halogens is 2. The number of hydrogen-bond donors (Lipinski definition) is 2. The summed E-state index contributed by atoms with van der Waals surface area (Å²) in [5.41, 5.74) is 5.22. The van der Waals surface area contributed by atoms with Gasteiger partial charge in [-0.25, -0.2) is 0 Å². The Morgan fingerprint density at radius 3 is 2.33 bits per heavy atom. The third kappa shape index (κ3) is 8.51. The predicted molar refractivity (Wildman–Crippen MR) is 118 cm³/mol. The van der Waals surface area contributed by atoms with Crippen LogP contribution in [0.4, 0.5) is 0 Å². The molecule has 0 aromatic heterocycles. The van der Waals surface area contributed by atoms with Gasteiger partial charge in [0.25, 0.3) is 5.91 Å². The van der Waals surface area contributed by atoms with Crippen molar-refractivity contribution in [3.8, 4) is 11.5 Å². The molecule has 2 rings (SSSR count). The Balaban J connectivity index is 1.64. The van der Waals surface area contributed by atoms with Gasteiger partial charge < -0.3 is 9.47 Å². The van der Waals surface area contributed by atoms with Crippen molar-refractivity contribution in [2.75, 3.05) is 13.2 Å². The highest BCUT2D eigenvalue weighted by molar-refractivity contribution is 6.35. The average Bonchev–Trinajstić information content (AvgIpc) is 2.74. The van der Waals surface area contributed by atoms with Crippen molar-refractivity contribution < 1.29 is 19.1 Å². The molecule has 0 bridgehead atoms. The Morgan fingerprint density at radius 2 is 1.63 bits per heavy atom. The quantitative estimate of drug-likeness (QED) is 0.363. The van der Waals surface area contributed by atoms with Crippen molar-refractivity contribution in [2.24, 2.45) is 0 Å². The van der Waals surface area contributed by atoms with Gasteiger partial charge in [-0.2, -0.15) is 0 Å². The van der Waals surface area contributed by atoms with E-state index in [9.17, 15) is 9.59 Å². The molecule has 0 atom stereocenters. The number of carbonyl (C=O) groups is 2. The van der Waals surface area contributed by atoms with Crippen LogP contribution in [-0.2, 0) is 4.79 Å². The average molecular weight is 453 g/mol. The molecule has 0 unspecified atom stereocenters. The molecule has 0 saturated carbocycles. The summed E-state index contributed by atoms with van der Waals surface area (Å²) >= 11 is 11.8. The van der Waals surface area contributed by atoms with Gasteiger partial charge in [-0.1, -0.05) is 43.0 Å². The van der Waals surface area contributed by atoms with Gasteiger partial charge in [-0.15, -0.1) is 0 Å². The normalized spacial score (nSPS) is 10.4. The van der Waals surface area contributed by atoms with Crippen LogP contribution in [0.15, 0.2) is 42.5 Å². The van der Waals surface area contributed by atoms with Crippen LogP contribution in [0.5, 0.6) is 11.5 Å². The molecule has 2 amide bonds. The van der Waals surface area contributed by atoms with Crippen molar-refractivity contribution in [3.05, 3.63) is 58.1 Å². The second-order valence-electron chi connectivity index (χ2n) is 6.61. The molecule has 2 aromatic rings. The van der Waals surface area contributed by atoms with Crippen LogP contribution in [0, 0.1) is 0 Å². The van der Waals surface area contributed by atoms with E-state index in [1.54, 1.807) is 42.5 Å². The molecule has 0 heterocycles. The van der Waals surface area contributed by atoms with Crippen molar-refractivity contribution in [1.82, 2.24) is 10.9 Å². The highest BCUT2D eigenvalue weighted by Gasteiger charge is 2.08. The molecule has 30 heavy (non-hydrogen) atoms. The third-order valence-corrected chi connectivity index (χ3v) is 4.68. The smallest absolute Gasteiger partial charge is 0.269 e. The van der Waals surface area contributed by atoms with E-state index < -0.39 is 5.91 Å². The molecule has 0 aliphatic heterocycles. The first-order valence-electron chi connectivity index (χ1n) is 9.89. The molecule has 0 aliphatic carbocycles. The summed E-state index contributed by atoms with van der Waals surface area (Å²) in [7, 11) is 0. The molecule has 0 radical (unpaired) electrons. The maximum absolute atomic E-state index is 12.1. The van der Waals surface area contributed by atoms with Crippen LogP contribution in [0.1, 0.15) is 49.4 Å². The summed E-state index contributed by atoms with van der Waals surface area (Å²) in [4.78, 5) is 24.0. The first-order valence-corrected chi connectivity index (χ1v) is 10.6. The van der Waals surface area contributed by atoms with Gasteiger partial charge in [0, 0.05) is 17.0 Å². The van der Waals surface area contributed by atoms with Gasteiger partial charge in [-0.05, 0) is 55.3 Å². The Hall–Kier alpha value is -2.44. The molecular formula is C22H26Cl2N2O4. The molecule has 8 heteroatoms. The van der Waals surface area contributed by atoms with Crippen molar-refractivity contribution in [3.63, 3.8) is 0 Å². The Kier molecular flexibility index (Phi) is 10.3. The Bertz CT molecular complexity index is 828.